The fourth-order valence-corrected chi connectivity index (χ4v) is 2.71. The van der Waals surface area contributed by atoms with E-state index >= 15 is 0 Å². The minimum absolute atomic E-state index is 1.07. The van der Waals surface area contributed by atoms with Crippen molar-refractivity contribution in [2.24, 2.45) is 0 Å². The zero-order valence-electron chi connectivity index (χ0n) is 7.03. The van der Waals surface area contributed by atoms with Crippen LogP contribution in [0.2, 0.25) is 0 Å². The molecule has 2 aromatic rings. The number of hydrogen-bond acceptors (Lipinski definition) is 3. The van der Waals surface area contributed by atoms with E-state index in [1.54, 1.807) is 0 Å². The van der Waals surface area contributed by atoms with Gasteiger partial charge in [-0.3, -0.25) is 0 Å². The molecule has 13 heavy (non-hydrogen) atoms. The highest BCUT2D eigenvalue weighted by atomic mass is 32.1. The zero-order chi connectivity index (χ0) is 8.84. The van der Waals surface area contributed by atoms with Crippen molar-refractivity contribution in [3.63, 3.8) is 0 Å². The highest BCUT2D eigenvalue weighted by molar-refractivity contribution is 7.10. The Labute approximate surface area is 79.8 Å². The monoisotopic (exact) mass is 191 g/mol. The van der Waals surface area contributed by atoms with Crippen LogP contribution in [0.15, 0.2) is 17.6 Å². The van der Waals surface area contributed by atoms with Crippen LogP contribution in [0, 0.1) is 0 Å². The average molecular weight is 191 g/mol. The highest BCUT2D eigenvalue weighted by Crippen LogP contribution is 2.34. The van der Waals surface area contributed by atoms with E-state index in [0.717, 1.165) is 18.5 Å². The summed E-state index contributed by atoms with van der Waals surface area (Å²) in [5.74, 6) is 5.59. The number of aromatic nitrogens is 2. The second kappa shape index (κ2) is 2.35. The number of aryl methyl sites for hydroxylation is 2. The number of rotatable bonds is 0. The van der Waals surface area contributed by atoms with Crippen LogP contribution in [0.4, 0.5) is 0 Å². The van der Waals surface area contributed by atoms with Gasteiger partial charge in [-0.2, -0.15) is 9.89 Å². The molecule has 3 nitrogen and oxygen atoms in total. The van der Waals surface area contributed by atoms with Crippen LogP contribution >= 0.6 is 11.3 Å². The van der Waals surface area contributed by atoms with Crippen LogP contribution in [0.1, 0.15) is 10.4 Å². The molecule has 1 aliphatic carbocycles. The van der Waals surface area contributed by atoms with Gasteiger partial charge in [-0.1, -0.05) is 0 Å². The maximum atomic E-state index is 5.59. The summed E-state index contributed by atoms with van der Waals surface area (Å²) in [4.78, 5) is 2.85. The quantitative estimate of drug-likeness (QED) is 0.640. The summed E-state index contributed by atoms with van der Waals surface area (Å²) >= 11 is 1.81. The summed E-state index contributed by atoms with van der Waals surface area (Å²) in [6.45, 7) is 0. The Kier molecular flexibility index (Phi) is 1.29. The number of nitrogens with two attached hydrogens (primary N) is 1. The maximum Gasteiger partial charge on any atom is 0.0987 e. The molecule has 1 aliphatic rings. The Bertz CT molecular complexity index is 455. The molecule has 0 spiro atoms. The third-order valence-electron chi connectivity index (χ3n) is 2.43. The van der Waals surface area contributed by atoms with Crippen LogP contribution in [-0.2, 0) is 12.8 Å². The standard InChI is InChI=1S/C9H9N3S/c10-12-5-6-1-2-8-7(3-4-13-8)9(6)11-12/h3-5H,1-2,10H2. The molecule has 4 heteroatoms. The van der Waals surface area contributed by atoms with E-state index in [9.17, 15) is 0 Å². The van der Waals surface area contributed by atoms with Gasteiger partial charge in [0.15, 0.2) is 0 Å². The predicted octanol–water partition coefficient (Wildman–Crippen LogP) is 1.42. The molecule has 0 amide bonds. The van der Waals surface area contributed by atoms with Gasteiger partial charge in [0.2, 0.25) is 0 Å². The van der Waals surface area contributed by atoms with Crippen LogP contribution in [0.5, 0.6) is 0 Å². The smallest absolute Gasteiger partial charge is 0.0987 e. The lowest BCUT2D eigenvalue weighted by Crippen LogP contribution is -2.07. The summed E-state index contributed by atoms with van der Waals surface area (Å²) in [5.41, 5.74) is 3.62. The molecule has 0 bridgehead atoms. The van der Waals surface area contributed by atoms with Crippen LogP contribution < -0.4 is 5.84 Å². The van der Waals surface area contributed by atoms with Crippen molar-refractivity contribution in [1.29, 1.82) is 0 Å². The topological polar surface area (TPSA) is 43.8 Å². The zero-order valence-corrected chi connectivity index (χ0v) is 7.84. The Balaban J connectivity index is 2.29. The van der Waals surface area contributed by atoms with E-state index in [1.165, 1.54) is 20.8 Å². The average Bonchev–Trinajstić information content (AvgIpc) is 2.65. The number of fused-ring (bicyclic) bond motifs is 3. The van der Waals surface area contributed by atoms with E-state index in [2.05, 4.69) is 16.5 Å². The predicted molar refractivity (Wildman–Crippen MR) is 53.1 cm³/mol. The summed E-state index contributed by atoms with van der Waals surface area (Å²) in [6, 6.07) is 2.13. The lowest BCUT2D eigenvalue weighted by Gasteiger charge is -2.08. The molecule has 0 saturated carbocycles. The Morgan fingerprint density at radius 1 is 1.46 bits per heavy atom. The van der Waals surface area contributed by atoms with Gasteiger partial charge in [0, 0.05) is 16.0 Å². The molecule has 3 rings (SSSR count). The first kappa shape index (κ1) is 7.15. The first-order valence-electron chi connectivity index (χ1n) is 4.25. The second-order valence-corrected chi connectivity index (χ2v) is 4.24. The number of nitrogens with zero attached hydrogens (tertiary/aromatic N) is 2. The number of nitrogen functional groups attached to an aromatic ring is 1. The van der Waals surface area contributed by atoms with Crippen LogP contribution in [0.3, 0.4) is 0 Å². The molecule has 2 N–H and O–H groups in total. The molecule has 0 saturated heterocycles. The largest absolute Gasteiger partial charge is 0.323 e. The summed E-state index contributed by atoms with van der Waals surface area (Å²) in [5, 5.41) is 6.39. The van der Waals surface area contributed by atoms with Crippen molar-refractivity contribution in [2.75, 3.05) is 5.84 Å². The van der Waals surface area contributed by atoms with Crippen molar-refractivity contribution >= 4 is 11.3 Å². The second-order valence-electron chi connectivity index (χ2n) is 3.24. The summed E-state index contributed by atoms with van der Waals surface area (Å²) in [6.07, 6.45) is 4.11. The normalized spacial score (nSPS) is 13.8. The fraction of sp³-hybridized carbons (Fsp3) is 0.222. The summed E-state index contributed by atoms with van der Waals surface area (Å²) < 4.78 is 0. The lowest BCUT2D eigenvalue weighted by molar-refractivity contribution is 0.835. The van der Waals surface area contributed by atoms with Crippen molar-refractivity contribution < 1.29 is 0 Å². The summed E-state index contributed by atoms with van der Waals surface area (Å²) in [7, 11) is 0. The molecule has 66 valence electrons. The van der Waals surface area contributed by atoms with E-state index < -0.39 is 0 Å². The molecular weight excluding hydrogens is 182 g/mol. The van der Waals surface area contributed by atoms with Gasteiger partial charge in [-0.25, -0.2) is 0 Å². The first-order chi connectivity index (χ1) is 6.34. The van der Waals surface area contributed by atoms with Gasteiger partial charge >= 0.3 is 0 Å². The van der Waals surface area contributed by atoms with Gasteiger partial charge in [0.1, 0.15) is 0 Å². The third kappa shape index (κ3) is 0.920. The van der Waals surface area contributed by atoms with Gasteiger partial charge < -0.3 is 5.84 Å². The Morgan fingerprint density at radius 3 is 3.31 bits per heavy atom. The van der Waals surface area contributed by atoms with Crippen molar-refractivity contribution in [3.05, 3.63) is 28.1 Å². The van der Waals surface area contributed by atoms with E-state index in [4.69, 9.17) is 5.84 Å². The first-order valence-corrected chi connectivity index (χ1v) is 5.13. The van der Waals surface area contributed by atoms with Crippen molar-refractivity contribution in [3.8, 4) is 11.3 Å². The van der Waals surface area contributed by atoms with E-state index in [1.807, 2.05) is 17.5 Å². The van der Waals surface area contributed by atoms with E-state index in [-0.39, 0.29) is 0 Å². The lowest BCUT2D eigenvalue weighted by atomic mass is 9.98. The molecule has 0 radical (unpaired) electrons. The molecule has 2 aromatic heterocycles. The van der Waals surface area contributed by atoms with Gasteiger partial charge in [0.25, 0.3) is 0 Å². The molecule has 0 atom stereocenters. The number of thiophene rings is 1. The Morgan fingerprint density at radius 2 is 2.38 bits per heavy atom. The van der Waals surface area contributed by atoms with Crippen molar-refractivity contribution in [1.82, 2.24) is 9.89 Å². The highest BCUT2D eigenvalue weighted by Gasteiger charge is 2.19. The minimum atomic E-state index is 1.07. The molecular formula is C9H9N3S. The fourth-order valence-electron chi connectivity index (χ4n) is 1.83. The number of hydrogen-bond donors (Lipinski definition) is 1. The maximum absolute atomic E-state index is 5.59. The molecule has 2 heterocycles. The molecule has 0 aliphatic heterocycles. The molecule has 0 fully saturated rings. The van der Waals surface area contributed by atoms with Crippen LogP contribution in [0.25, 0.3) is 11.3 Å². The third-order valence-corrected chi connectivity index (χ3v) is 3.41. The van der Waals surface area contributed by atoms with Crippen LogP contribution in [-0.4, -0.2) is 9.89 Å². The molecule has 0 aromatic carbocycles. The Hall–Kier alpha value is -1.29. The van der Waals surface area contributed by atoms with E-state index in [0.29, 0.717) is 0 Å². The SMILES string of the molecule is Nn1cc2c(n1)-c1ccsc1CC2. The van der Waals surface area contributed by atoms with Gasteiger partial charge in [0.05, 0.1) is 11.9 Å². The molecule has 0 unspecified atom stereocenters. The minimum Gasteiger partial charge on any atom is -0.323 e. The van der Waals surface area contributed by atoms with Gasteiger partial charge in [-0.05, 0) is 24.3 Å². The van der Waals surface area contributed by atoms with Gasteiger partial charge in [-0.15, -0.1) is 11.3 Å². The van der Waals surface area contributed by atoms with Crippen molar-refractivity contribution in [2.45, 2.75) is 12.8 Å².